The maximum absolute atomic E-state index is 11.6. The van der Waals surface area contributed by atoms with Crippen LogP contribution in [0.2, 0.25) is 10.0 Å². The van der Waals surface area contributed by atoms with Gasteiger partial charge in [0.1, 0.15) is 5.75 Å². The van der Waals surface area contributed by atoms with E-state index >= 15 is 0 Å². The van der Waals surface area contributed by atoms with Crippen molar-refractivity contribution in [2.75, 3.05) is 6.61 Å². The van der Waals surface area contributed by atoms with Crippen molar-refractivity contribution < 1.29 is 9.53 Å². The van der Waals surface area contributed by atoms with Gasteiger partial charge in [0.2, 0.25) is 0 Å². The average Bonchev–Trinajstić information content (AvgIpc) is 2.83. The van der Waals surface area contributed by atoms with Crippen molar-refractivity contribution in [1.82, 2.24) is 10.4 Å². The van der Waals surface area contributed by atoms with Gasteiger partial charge < -0.3 is 9.72 Å². The summed E-state index contributed by atoms with van der Waals surface area (Å²) >= 11 is 11.7. The summed E-state index contributed by atoms with van der Waals surface area (Å²) in [6, 6.07) is 8.54. The predicted octanol–water partition coefficient (Wildman–Crippen LogP) is 3.16. The third kappa shape index (κ3) is 4.81. The maximum atomic E-state index is 11.6. The highest BCUT2D eigenvalue weighted by molar-refractivity contribution is 6.35. The largest absolute Gasteiger partial charge is 0.482 e. The van der Waals surface area contributed by atoms with Gasteiger partial charge in [-0.15, -0.1) is 0 Å². The standard InChI is InChI=1S/C14H13Cl2N3O2/c1-9-2-4-11(18-9)7-17-19-14(20)8-21-13-5-3-10(15)6-12(13)16/h2-7,18H,8H2,1H3,(H,19,20). The van der Waals surface area contributed by atoms with Crippen LogP contribution in [0.1, 0.15) is 11.4 Å². The van der Waals surface area contributed by atoms with E-state index < -0.39 is 0 Å². The predicted molar refractivity (Wildman–Crippen MR) is 83.2 cm³/mol. The molecule has 0 aliphatic carbocycles. The van der Waals surface area contributed by atoms with Crippen molar-refractivity contribution in [3.05, 3.63) is 51.8 Å². The van der Waals surface area contributed by atoms with Crippen molar-refractivity contribution in [3.63, 3.8) is 0 Å². The van der Waals surface area contributed by atoms with Crippen LogP contribution in [0.25, 0.3) is 0 Å². The number of hydrogen-bond donors (Lipinski definition) is 2. The smallest absolute Gasteiger partial charge is 0.277 e. The quantitative estimate of drug-likeness (QED) is 0.655. The molecule has 0 bridgehead atoms. The number of nitrogens with zero attached hydrogens (tertiary/aromatic N) is 1. The first-order chi connectivity index (χ1) is 10.0. The number of halogens is 2. The van der Waals surface area contributed by atoms with Gasteiger partial charge in [0.05, 0.1) is 16.9 Å². The first-order valence-corrected chi connectivity index (χ1v) is 6.85. The molecule has 1 heterocycles. The highest BCUT2D eigenvalue weighted by Crippen LogP contribution is 2.27. The molecule has 2 N–H and O–H groups in total. The molecule has 2 aromatic rings. The van der Waals surface area contributed by atoms with E-state index in [1.54, 1.807) is 18.2 Å². The Balaban J connectivity index is 1.81. The van der Waals surface area contributed by atoms with Gasteiger partial charge in [0.15, 0.2) is 6.61 Å². The van der Waals surface area contributed by atoms with E-state index in [9.17, 15) is 4.79 Å². The van der Waals surface area contributed by atoms with Gasteiger partial charge in [0, 0.05) is 10.7 Å². The topological polar surface area (TPSA) is 66.5 Å². The van der Waals surface area contributed by atoms with E-state index in [2.05, 4.69) is 15.5 Å². The number of aromatic nitrogens is 1. The van der Waals surface area contributed by atoms with E-state index in [1.807, 2.05) is 19.1 Å². The molecule has 0 atom stereocenters. The number of benzene rings is 1. The molecule has 0 saturated heterocycles. The molecule has 0 unspecified atom stereocenters. The normalized spacial score (nSPS) is 10.8. The Bertz CT molecular complexity index is 668. The first kappa shape index (κ1) is 15.4. The van der Waals surface area contributed by atoms with Crippen molar-refractivity contribution in [3.8, 4) is 5.75 Å². The monoisotopic (exact) mass is 325 g/mol. The van der Waals surface area contributed by atoms with E-state index in [-0.39, 0.29) is 12.5 Å². The van der Waals surface area contributed by atoms with Crippen LogP contribution >= 0.6 is 23.2 Å². The second kappa shape index (κ2) is 7.15. The van der Waals surface area contributed by atoms with Crippen molar-refractivity contribution in [2.24, 2.45) is 5.10 Å². The summed E-state index contributed by atoms with van der Waals surface area (Å²) in [6.07, 6.45) is 1.51. The zero-order chi connectivity index (χ0) is 15.2. The summed E-state index contributed by atoms with van der Waals surface area (Å²) in [5.41, 5.74) is 4.18. The van der Waals surface area contributed by atoms with Crippen LogP contribution in [-0.4, -0.2) is 23.7 Å². The summed E-state index contributed by atoms with van der Waals surface area (Å²) in [6.45, 7) is 1.74. The highest BCUT2D eigenvalue weighted by Gasteiger charge is 2.05. The molecular formula is C14H13Cl2N3O2. The average molecular weight is 326 g/mol. The number of rotatable bonds is 5. The second-order valence-electron chi connectivity index (χ2n) is 4.25. The number of carbonyl (C=O) groups is 1. The number of hydrogen-bond acceptors (Lipinski definition) is 3. The molecule has 21 heavy (non-hydrogen) atoms. The molecule has 0 aliphatic rings. The Labute approximate surface area is 131 Å². The molecule has 1 amide bonds. The number of aryl methyl sites for hydroxylation is 1. The van der Waals surface area contributed by atoms with Gasteiger partial charge >= 0.3 is 0 Å². The fraction of sp³-hybridized carbons (Fsp3) is 0.143. The number of H-pyrrole nitrogens is 1. The molecule has 0 fully saturated rings. The van der Waals surface area contributed by atoms with E-state index in [0.717, 1.165) is 11.4 Å². The molecule has 7 heteroatoms. The Kier molecular flexibility index (Phi) is 5.25. The van der Waals surface area contributed by atoms with Gasteiger partial charge in [-0.05, 0) is 37.3 Å². The Morgan fingerprint density at radius 1 is 1.38 bits per heavy atom. The number of hydrazone groups is 1. The molecule has 0 radical (unpaired) electrons. The summed E-state index contributed by atoms with van der Waals surface area (Å²) in [4.78, 5) is 14.6. The van der Waals surface area contributed by atoms with Gasteiger partial charge in [-0.1, -0.05) is 23.2 Å². The van der Waals surface area contributed by atoms with Crippen LogP contribution in [-0.2, 0) is 4.79 Å². The number of carbonyl (C=O) groups excluding carboxylic acids is 1. The highest BCUT2D eigenvalue weighted by atomic mass is 35.5. The minimum atomic E-state index is -0.388. The van der Waals surface area contributed by atoms with Crippen LogP contribution in [0.3, 0.4) is 0 Å². The Hall–Kier alpha value is -1.98. The lowest BCUT2D eigenvalue weighted by atomic mass is 10.3. The lowest BCUT2D eigenvalue weighted by molar-refractivity contribution is -0.123. The van der Waals surface area contributed by atoms with Gasteiger partial charge in [-0.25, -0.2) is 5.43 Å². The Morgan fingerprint density at radius 2 is 2.19 bits per heavy atom. The number of amides is 1. The minimum Gasteiger partial charge on any atom is -0.482 e. The fourth-order valence-electron chi connectivity index (χ4n) is 1.54. The second-order valence-corrected chi connectivity index (χ2v) is 5.10. The van der Waals surface area contributed by atoms with Crippen LogP contribution in [0, 0.1) is 6.92 Å². The molecule has 1 aromatic heterocycles. The van der Waals surface area contributed by atoms with E-state index in [0.29, 0.717) is 15.8 Å². The number of nitrogens with one attached hydrogen (secondary N) is 2. The maximum Gasteiger partial charge on any atom is 0.277 e. The molecule has 110 valence electrons. The van der Waals surface area contributed by atoms with Crippen LogP contribution in [0.15, 0.2) is 35.4 Å². The minimum absolute atomic E-state index is 0.192. The number of aromatic amines is 1. The fourth-order valence-corrected chi connectivity index (χ4v) is 2.01. The molecule has 5 nitrogen and oxygen atoms in total. The van der Waals surface area contributed by atoms with Gasteiger partial charge in [-0.3, -0.25) is 4.79 Å². The molecule has 1 aromatic carbocycles. The summed E-state index contributed by atoms with van der Waals surface area (Å²) < 4.78 is 5.28. The zero-order valence-corrected chi connectivity index (χ0v) is 12.7. The molecule has 2 rings (SSSR count). The van der Waals surface area contributed by atoms with E-state index in [1.165, 1.54) is 6.21 Å². The summed E-state index contributed by atoms with van der Waals surface area (Å²) in [5.74, 6) is 0.000679. The lowest BCUT2D eigenvalue weighted by Gasteiger charge is -2.06. The first-order valence-electron chi connectivity index (χ1n) is 6.10. The van der Waals surface area contributed by atoms with Gasteiger partial charge in [-0.2, -0.15) is 5.10 Å². The van der Waals surface area contributed by atoms with Gasteiger partial charge in [0.25, 0.3) is 5.91 Å². The van der Waals surface area contributed by atoms with Crippen LogP contribution in [0.5, 0.6) is 5.75 Å². The Morgan fingerprint density at radius 3 is 2.86 bits per heavy atom. The third-order valence-electron chi connectivity index (χ3n) is 2.50. The van der Waals surface area contributed by atoms with Crippen LogP contribution < -0.4 is 10.2 Å². The van der Waals surface area contributed by atoms with Crippen LogP contribution in [0.4, 0.5) is 0 Å². The number of ether oxygens (including phenoxy) is 1. The SMILES string of the molecule is Cc1ccc(C=NNC(=O)COc2ccc(Cl)cc2Cl)[nH]1. The molecule has 0 saturated carbocycles. The molecular weight excluding hydrogens is 313 g/mol. The lowest BCUT2D eigenvalue weighted by Crippen LogP contribution is -2.24. The third-order valence-corrected chi connectivity index (χ3v) is 3.03. The molecule has 0 aliphatic heterocycles. The summed E-state index contributed by atoms with van der Waals surface area (Å²) in [5, 5.41) is 4.66. The van der Waals surface area contributed by atoms with E-state index in [4.69, 9.17) is 27.9 Å². The van der Waals surface area contributed by atoms with Crippen molar-refractivity contribution >= 4 is 35.3 Å². The molecule has 0 spiro atoms. The zero-order valence-electron chi connectivity index (χ0n) is 11.2. The van der Waals surface area contributed by atoms with Crippen molar-refractivity contribution in [2.45, 2.75) is 6.92 Å². The van der Waals surface area contributed by atoms with Crippen molar-refractivity contribution in [1.29, 1.82) is 0 Å². The summed E-state index contributed by atoms with van der Waals surface area (Å²) in [7, 11) is 0.